The van der Waals surface area contributed by atoms with Crippen LogP contribution in [0.25, 0.3) is 0 Å². The lowest BCUT2D eigenvalue weighted by atomic mass is 9.59. The summed E-state index contributed by atoms with van der Waals surface area (Å²) in [5.41, 5.74) is 0.788. The molecule has 0 N–H and O–H groups in total. The van der Waals surface area contributed by atoms with Crippen LogP contribution in [0, 0.1) is 29.1 Å². The van der Waals surface area contributed by atoms with E-state index in [1.165, 1.54) is 25.7 Å². The van der Waals surface area contributed by atoms with Gasteiger partial charge in [0.25, 0.3) is 0 Å². The van der Waals surface area contributed by atoms with E-state index in [0.29, 0.717) is 0 Å². The molecule has 100 valence electrons. The normalized spacial score (nSPS) is 39.2. The molecule has 2 aliphatic carbocycles. The average molecular weight is 236 g/mol. The first-order chi connectivity index (χ1) is 8.02. The smallest absolute Gasteiger partial charge is 0.0297 e. The molecule has 0 radical (unpaired) electrons. The maximum atomic E-state index is 2.42. The molecule has 2 fully saturated rings. The van der Waals surface area contributed by atoms with Gasteiger partial charge in [-0.3, -0.25) is 0 Å². The number of hydrogen-bond acceptors (Lipinski definition) is 0. The Kier molecular flexibility index (Phi) is 4.21. The molecule has 0 saturated heterocycles. The zero-order chi connectivity index (χ0) is 12.5. The molecule has 0 heteroatoms. The second-order valence-electron chi connectivity index (χ2n) is 7.66. The third-order valence-electron chi connectivity index (χ3n) is 6.07. The minimum atomic E-state index is 0.788. The maximum absolute atomic E-state index is 2.42. The van der Waals surface area contributed by atoms with E-state index < -0.39 is 0 Å². The highest BCUT2D eigenvalue weighted by molar-refractivity contribution is 4.90. The molecule has 0 heterocycles. The Morgan fingerprint density at radius 2 is 0.941 bits per heavy atom. The molecule has 2 aliphatic rings. The standard InChI is InChI=1S/C17H32/c1-13(2)15-5-9-17(10-6-15)11-7-16(8-12-17)14(3)4/h13-16H,5-12H2,1-4H3. The van der Waals surface area contributed by atoms with Crippen molar-refractivity contribution in [3.05, 3.63) is 0 Å². The Morgan fingerprint density at radius 3 is 1.18 bits per heavy atom. The predicted molar refractivity (Wildman–Crippen MR) is 76.0 cm³/mol. The summed E-state index contributed by atoms with van der Waals surface area (Å²) < 4.78 is 0. The van der Waals surface area contributed by atoms with Gasteiger partial charge in [0.1, 0.15) is 0 Å². The van der Waals surface area contributed by atoms with Crippen molar-refractivity contribution in [3.63, 3.8) is 0 Å². The van der Waals surface area contributed by atoms with Crippen LogP contribution in [-0.4, -0.2) is 0 Å². The summed E-state index contributed by atoms with van der Waals surface area (Å²) in [7, 11) is 0. The fourth-order valence-corrected chi connectivity index (χ4v) is 4.34. The number of rotatable bonds is 2. The lowest BCUT2D eigenvalue weighted by Crippen LogP contribution is -2.34. The van der Waals surface area contributed by atoms with Crippen molar-refractivity contribution in [2.45, 2.75) is 79.1 Å². The Hall–Kier alpha value is 0. The molecule has 0 aromatic carbocycles. The van der Waals surface area contributed by atoms with Crippen molar-refractivity contribution < 1.29 is 0 Å². The molecule has 0 atom stereocenters. The van der Waals surface area contributed by atoms with Gasteiger partial charge in [-0.05, 0) is 80.5 Å². The molecule has 2 rings (SSSR count). The van der Waals surface area contributed by atoms with Gasteiger partial charge in [-0.1, -0.05) is 27.7 Å². The van der Waals surface area contributed by atoms with Gasteiger partial charge < -0.3 is 0 Å². The SMILES string of the molecule is CC(C)C1CCC2(CC1)CCC(C(C)C)CC2. The van der Waals surface area contributed by atoms with Gasteiger partial charge in [-0.2, -0.15) is 0 Å². The molecule has 0 nitrogen and oxygen atoms in total. The molecule has 0 aliphatic heterocycles. The van der Waals surface area contributed by atoms with Gasteiger partial charge in [-0.25, -0.2) is 0 Å². The molecule has 0 bridgehead atoms. The van der Waals surface area contributed by atoms with Gasteiger partial charge in [0.15, 0.2) is 0 Å². The van der Waals surface area contributed by atoms with Crippen LogP contribution in [-0.2, 0) is 0 Å². The molecule has 0 amide bonds. The van der Waals surface area contributed by atoms with Crippen molar-refractivity contribution >= 4 is 0 Å². The van der Waals surface area contributed by atoms with E-state index in [1.807, 2.05) is 0 Å². The van der Waals surface area contributed by atoms with Crippen LogP contribution in [0.15, 0.2) is 0 Å². The summed E-state index contributed by atoms with van der Waals surface area (Å²) in [6.07, 6.45) is 12.2. The van der Waals surface area contributed by atoms with E-state index in [4.69, 9.17) is 0 Å². The summed E-state index contributed by atoms with van der Waals surface area (Å²) in [5.74, 6) is 3.89. The topological polar surface area (TPSA) is 0 Å². The minimum absolute atomic E-state index is 0.788. The molecule has 17 heavy (non-hydrogen) atoms. The maximum Gasteiger partial charge on any atom is -0.0297 e. The largest absolute Gasteiger partial charge is 0.0625 e. The first-order valence-corrected chi connectivity index (χ1v) is 8.02. The zero-order valence-electron chi connectivity index (χ0n) is 12.5. The second-order valence-corrected chi connectivity index (χ2v) is 7.66. The van der Waals surface area contributed by atoms with Crippen molar-refractivity contribution in [1.82, 2.24) is 0 Å². The summed E-state index contributed by atoms with van der Waals surface area (Å²) in [4.78, 5) is 0. The Bertz CT molecular complexity index is 193. The highest BCUT2D eigenvalue weighted by atomic mass is 14.4. The van der Waals surface area contributed by atoms with Crippen LogP contribution in [0.2, 0.25) is 0 Å². The minimum Gasteiger partial charge on any atom is -0.0625 e. The van der Waals surface area contributed by atoms with Gasteiger partial charge in [0.05, 0.1) is 0 Å². The van der Waals surface area contributed by atoms with Gasteiger partial charge in [0, 0.05) is 0 Å². The van der Waals surface area contributed by atoms with Crippen LogP contribution in [0.1, 0.15) is 79.1 Å². The van der Waals surface area contributed by atoms with Crippen molar-refractivity contribution in [1.29, 1.82) is 0 Å². The van der Waals surface area contributed by atoms with Gasteiger partial charge in [-0.15, -0.1) is 0 Å². The van der Waals surface area contributed by atoms with E-state index in [-0.39, 0.29) is 0 Å². The van der Waals surface area contributed by atoms with E-state index in [2.05, 4.69) is 27.7 Å². The van der Waals surface area contributed by atoms with Crippen LogP contribution in [0.3, 0.4) is 0 Å². The highest BCUT2D eigenvalue weighted by Gasteiger charge is 2.39. The predicted octanol–water partition coefficient (Wildman–Crippen LogP) is 5.67. The third-order valence-corrected chi connectivity index (χ3v) is 6.07. The first kappa shape index (κ1) is 13.4. The summed E-state index contributed by atoms with van der Waals surface area (Å²) in [6.45, 7) is 9.66. The fourth-order valence-electron chi connectivity index (χ4n) is 4.34. The quantitative estimate of drug-likeness (QED) is 0.580. The van der Waals surface area contributed by atoms with Crippen LogP contribution in [0.5, 0.6) is 0 Å². The molecule has 0 unspecified atom stereocenters. The summed E-state index contributed by atoms with van der Waals surface area (Å²) in [6, 6.07) is 0. The zero-order valence-corrected chi connectivity index (χ0v) is 12.5. The molecule has 2 saturated carbocycles. The average Bonchev–Trinajstić information content (AvgIpc) is 2.30. The van der Waals surface area contributed by atoms with E-state index in [9.17, 15) is 0 Å². The third kappa shape index (κ3) is 3.06. The monoisotopic (exact) mass is 236 g/mol. The van der Waals surface area contributed by atoms with E-state index in [0.717, 1.165) is 29.1 Å². The molecule has 0 aromatic rings. The van der Waals surface area contributed by atoms with E-state index in [1.54, 1.807) is 25.7 Å². The summed E-state index contributed by atoms with van der Waals surface area (Å²) >= 11 is 0. The van der Waals surface area contributed by atoms with Crippen LogP contribution >= 0.6 is 0 Å². The molecule has 0 aromatic heterocycles. The molecular formula is C17H32. The summed E-state index contributed by atoms with van der Waals surface area (Å²) in [5, 5.41) is 0. The van der Waals surface area contributed by atoms with Crippen molar-refractivity contribution in [3.8, 4) is 0 Å². The first-order valence-electron chi connectivity index (χ1n) is 8.02. The van der Waals surface area contributed by atoms with Crippen LogP contribution < -0.4 is 0 Å². The van der Waals surface area contributed by atoms with Gasteiger partial charge >= 0.3 is 0 Å². The number of hydrogen-bond donors (Lipinski definition) is 0. The second kappa shape index (κ2) is 5.33. The lowest BCUT2D eigenvalue weighted by Gasteiger charge is -2.46. The molecule has 1 spiro atoms. The Labute approximate surface area is 109 Å². The van der Waals surface area contributed by atoms with Gasteiger partial charge in [0.2, 0.25) is 0 Å². The Morgan fingerprint density at radius 1 is 0.647 bits per heavy atom. The Balaban J connectivity index is 1.84. The highest BCUT2D eigenvalue weighted by Crippen LogP contribution is 2.51. The fraction of sp³-hybridized carbons (Fsp3) is 1.00. The van der Waals surface area contributed by atoms with Crippen molar-refractivity contribution in [2.24, 2.45) is 29.1 Å². The molecular weight excluding hydrogens is 204 g/mol. The van der Waals surface area contributed by atoms with Crippen molar-refractivity contribution in [2.75, 3.05) is 0 Å². The van der Waals surface area contributed by atoms with Crippen LogP contribution in [0.4, 0.5) is 0 Å². The van der Waals surface area contributed by atoms with E-state index >= 15 is 0 Å². The lowest BCUT2D eigenvalue weighted by molar-refractivity contribution is 0.0547.